The van der Waals surface area contributed by atoms with Crippen LogP contribution in [0.1, 0.15) is 5.56 Å². The van der Waals surface area contributed by atoms with Gasteiger partial charge >= 0.3 is 0 Å². The quantitative estimate of drug-likeness (QED) is 0.782. The van der Waals surface area contributed by atoms with E-state index in [4.69, 9.17) is 24.6 Å². The van der Waals surface area contributed by atoms with E-state index < -0.39 is 6.29 Å². The summed E-state index contributed by atoms with van der Waals surface area (Å²) in [5.74, 6) is 0.697. The third-order valence-electron chi connectivity index (χ3n) is 2.58. The lowest BCUT2D eigenvalue weighted by Crippen LogP contribution is -2.27. The highest BCUT2D eigenvalue weighted by Gasteiger charge is 2.22. The number of hydrogen-bond acceptors (Lipinski definition) is 5. The van der Waals surface area contributed by atoms with E-state index in [1.54, 1.807) is 6.08 Å². The maximum atomic E-state index is 9.09. The minimum Gasteiger partial charge on any atom is -0.459 e. The molecule has 1 atom stereocenters. The molecule has 0 spiro atoms. The van der Waals surface area contributed by atoms with Gasteiger partial charge in [-0.25, -0.2) is 0 Å². The lowest BCUT2D eigenvalue weighted by atomic mass is 10.1. The summed E-state index contributed by atoms with van der Waals surface area (Å²) in [4.78, 5) is 0. The maximum Gasteiger partial charge on any atom is 0.236 e. The molecule has 1 N–H and O–H groups in total. The highest BCUT2D eigenvalue weighted by molar-refractivity contribution is 5.65. The molecule has 1 unspecified atom stereocenters. The van der Waals surface area contributed by atoms with Gasteiger partial charge in [-0.3, -0.25) is 0 Å². The number of ether oxygens (including phenoxy) is 3. The Labute approximate surface area is 111 Å². The topological polar surface area (TPSA) is 71.7 Å². The van der Waals surface area contributed by atoms with Crippen molar-refractivity contribution in [3.05, 3.63) is 35.4 Å². The van der Waals surface area contributed by atoms with Crippen LogP contribution < -0.4 is 4.74 Å². The Balaban J connectivity index is 1.94. The lowest BCUT2D eigenvalue weighted by molar-refractivity contribution is -0.0727. The van der Waals surface area contributed by atoms with Gasteiger partial charge in [-0.15, -0.1) is 0 Å². The molecule has 1 aromatic rings. The van der Waals surface area contributed by atoms with Crippen molar-refractivity contribution >= 4 is 6.08 Å². The molecule has 1 aliphatic heterocycles. The number of hydrogen-bond donors (Lipinski definition) is 1. The summed E-state index contributed by atoms with van der Waals surface area (Å²) in [5, 5.41) is 17.6. The molecule has 5 nitrogen and oxygen atoms in total. The summed E-state index contributed by atoms with van der Waals surface area (Å²) in [5.41, 5.74) is 1.30. The van der Waals surface area contributed by atoms with Crippen LogP contribution in [0.3, 0.4) is 0 Å². The van der Waals surface area contributed by atoms with Crippen molar-refractivity contribution in [1.29, 1.82) is 5.26 Å². The standard InChI is InChI=1S/C14H15NO4/c15-10-12-9-11-3-1-2-4-13(11)19-14(12)18-8-7-17-6-5-16/h1-4,9,14,16H,5-8H2. The fourth-order valence-electron chi connectivity index (χ4n) is 1.71. The molecule has 0 radical (unpaired) electrons. The first kappa shape index (κ1) is 13.6. The Morgan fingerprint density at radius 2 is 2.11 bits per heavy atom. The molecule has 0 saturated carbocycles. The van der Waals surface area contributed by atoms with E-state index in [9.17, 15) is 0 Å². The van der Waals surface area contributed by atoms with E-state index in [0.29, 0.717) is 24.5 Å². The molecule has 1 heterocycles. The van der Waals surface area contributed by atoms with Gasteiger partial charge in [0.15, 0.2) is 0 Å². The number of nitrogens with zero attached hydrogens (tertiary/aromatic N) is 1. The predicted molar refractivity (Wildman–Crippen MR) is 68.3 cm³/mol. The van der Waals surface area contributed by atoms with Gasteiger partial charge in [0.2, 0.25) is 6.29 Å². The number of para-hydroxylation sites is 1. The van der Waals surface area contributed by atoms with Gasteiger partial charge in [0.25, 0.3) is 0 Å². The Kier molecular flexibility index (Phi) is 4.93. The Morgan fingerprint density at radius 3 is 2.89 bits per heavy atom. The minimum absolute atomic E-state index is 0.0172. The first-order valence-electron chi connectivity index (χ1n) is 6.02. The SMILES string of the molecule is N#CC1=Cc2ccccc2OC1OCCOCCO. The van der Waals surface area contributed by atoms with Crippen LogP contribution in [0.2, 0.25) is 0 Å². The number of aliphatic hydroxyl groups excluding tert-OH is 1. The van der Waals surface area contributed by atoms with Crippen LogP contribution in [0.25, 0.3) is 6.08 Å². The monoisotopic (exact) mass is 261 g/mol. The molecular formula is C14H15NO4. The summed E-state index contributed by atoms with van der Waals surface area (Å²) >= 11 is 0. The molecule has 0 aliphatic carbocycles. The molecule has 0 bridgehead atoms. The number of nitriles is 1. The molecule has 19 heavy (non-hydrogen) atoms. The van der Waals surface area contributed by atoms with Crippen molar-refractivity contribution in [2.24, 2.45) is 0 Å². The average molecular weight is 261 g/mol. The fraction of sp³-hybridized carbons (Fsp3) is 0.357. The van der Waals surface area contributed by atoms with Crippen molar-refractivity contribution in [2.45, 2.75) is 6.29 Å². The fourth-order valence-corrected chi connectivity index (χ4v) is 1.71. The molecule has 5 heteroatoms. The summed E-state index contributed by atoms with van der Waals surface area (Å²) in [6, 6.07) is 9.54. The third kappa shape index (κ3) is 3.55. The van der Waals surface area contributed by atoms with Crippen LogP contribution in [0.4, 0.5) is 0 Å². The molecule has 0 amide bonds. The average Bonchev–Trinajstić information content (AvgIpc) is 2.46. The van der Waals surface area contributed by atoms with Crippen molar-refractivity contribution in [3.8, 4) is 11.8 Å². The van der Waals surface area contributed by atoms with Crippen molar-refractivity contribution in [2.75, 3.05) is 26.4 Å². The molecular weight excluding hydrogens is 246 g/mol. The molecule has 2 rings (SSSR count). The second-order valence-corrected chi connectivity index (χ2v) is 3.91. The van der Waals surface area contributed by atoms with Gasteiger partial charge in [-0.1, -0.05) is 18.2 Å². The van der Waals surface area contributed by atoms with E-state index in [1.165, 1.54) is 0 Å². The molecule has 1 aromatic carbocycles. The van der Waals surface area contributed by atoms with E-state index in [2.05, 4.69) is 6.07 Å². The smallest absolute Gasteiger partial charge is 0.236 e. The largest absolute Gasteiger partial charge is 0.459 e. The number of benzene rings is 1. The number of fused-ring (bicyclic) bond motifs is 1. The predicted octanol–water partition coefficient (Wildman–Crippen LogP) is 1.34. The van der Waals surface area contributed by atoms with Gasteiger partial charge in [0.05, 0.1) is 32.0 Å². The van der Waals surface area contributed by atoms with E-state index in [0.717, 1.165) is 5.56 Å². The van der Waals surface area contributed by atoms with Crippen LogP contribution in [0, 0.1) is 11.3 Å². The third-order valence-corrected chi connectivity index (χ3v) is 2.58. The zero-order chi connectivity index (χ0) is 13.5. The van der Waals surface area contributed by atoms with Gasteiger partial charge in [0.1, 0.15) is 11.8 Å². The van der Waals surface area contributed by atoms with Gasteiger partial charge in [0, 0.05) is 5.56 Å². The first-order valence-corrected chi connectivity index (χ1v) is 6.02. The van der Waals surface area contributed by atoms with Gasteiger partial charge in [-0.05, 0) is 12.1 Å². The van der Waals surface area contributed by atoms with Crippen LogP contribution >= 0.6 is 0 Å². The van der Waals surface area contributed by atoms with Crippen molar-refractivity contribution in [1.82, 2.24) is 0 Å². The number of aliphatic hydroxyl groups is 1. The summed E-state index contributed by atoms with van der Waals surface area (Å²) < 4.78 is 16.2. The Morgan fingerprint density at radius 1 is 1.26 bits per heavy atom. The first-order chi connectivity index (χ1) is 9.35. The van der Waals surface area contributed by atoms with Gasteiger partial charge in [-0.2, -0.15) is 5.26 Å². The second-order valence-electron chi connectivity index (χ2n) is 3.91. The molecule has 0 saturated heterocycles. The Hall–Kier alpha value is -1.87. The molecule has 0 fully saturated rings. The van der Waals surface area contributed by atoms with E-state index in [-0.39, 0.29) is 13.2 Å². The van der Waals surface area contributed by atoms with E-state index in [1.807, 2.05) is 24.3 Å². The van der Waals surface area contributed by atoms with Gasteiger partial charge < -0.3 is 19.3 Å². The summed E-state index contributed by atoms with van der Waals surface area (Å²) in [7, 11) is 0. The number of rotatable bonds is 6. The summed E-state index contributed by atoms with van der Waals surface area (Å²) in [6.45, 7) is 0.905. The van der Waals surface area contributed by atoms with Crippen LogP contribution in [0.5, 0.6) is 5.75 Å². The highest BCUT2D eigenvalue weighted by atomic mass is 16.7. The maximum absolute atomic E-state index is 9.09. The highest BCUT2D eigenvalue weighted by Crippen LogP contribution is 2.29. The molecule has 100 valence electrons. The normalized spacial score (nSPS) is 17.1. The Bertz CT molecular complexity index is 492. The minimum atomic E-state index is -0.697. The van der Waals surface area contributed by atoms with Crippen LogP contribution in [-0.2, 0) is 9.47 Å². The zero-order valence-electron chi connectivity index (χ0n) is 10.4. The summed E-state index contributed by atoms with van der Waals surface area (Å²) in [6.07, 6.45) is 1.07. The van der Waals surface area contributed by atoms with E-state index >= 15 is 0 Å². The molecule has 0 aromatic heterocycles. The molecule has 1 aliphatic rings. The second kappa shape index (κ2) is 6.90. The van der Waals surface area contributed by atoms with Crippen LogP contribution in [-0.4, -0.2) is 37.8 Å². The van der Waals surface area contributed by atoms with Crippen molar-refractivity contribution < 1.29 is 19.3 Å². The zero-order valence-corrected chi connectivity index (χ0v) is 10.4. The van der Waals surface area contributed by atoms with Crippen molar-refractivity contribution in [3.63, 3.8) is 0 Å². The van der Waals surface area contributed by atoms with Crippen LogP contribution in [0.15, 0.2) is 29.8 Å². The lowest BCUT2D eigenvalue weighted by Gasteiger charge is -2.23.